The maximum atomic E-state index is 10.3. The third kappa shape index (κ3) is 6.29. The molecule has 0 bridgehead atoms. The molecule has 1 heteroatoms. The average molecular weight is 353 g/mol. The van der Waals surface area contributed by atoms with Crippen molar-refractivity contribution in [1.82, 2.24) is 0 Å². The van der Waals surface area contributed by atoms with Crippen LogP contribution in [0.25, 0.3) is 11.1 Å². The molecule has 2 aromatic carbocycles. The molecule has 1 nitrogen and oxygen atoms in total. The smallest absolute Gasteiger partial charge is 0.0580 e. The van der Waals surface area contributed by atoms with E-state index in [1.807, 2.05) is 0 Å². The van der Waals surface area contributed by atoms with Gasteiger partial charge >= 0.3 is 0 Å². The summed E-state index contributed by atoms with van der Waals surface area (Å²) in [6.07, 6.45) is 8.60. The Morgan fingerprint density at radius 1 is 0.846 bits per heavy atom. The molecule has 2 rings (SSSR count). The zero-order valence-electron chi connectivity index (χ0n) is 17.1. The lowest BCUT2D eigenvalue weighted by Crippen LogP contribution is -2.10. The lowest BCUT2D eigenvalue weighted by atomic mass is 9.91. The summed E-state index contributed by atoms with van der Waals surface area (Å²) in [7, 11) is 0. The van der Waals surface area contributed by atoms with E-state index in [2.05, 4.69) is 64.1 Å². The first-order valence-electron chi connectivity index (χ1n) is 10.4. The molecule has 1 atom stereocenters. The van der Waals surface area contributed by atoms with E-state index in [9.17, 15) is 5.11 Å². The van der Waals surface area contributed by atoms with Crippen LogP contribution in [-0.4, -0.2) is 11.2 Å². The van der Waals surface area contributed by atoms with E-state index >= 15 is 0 Å². The largest absolute Gasteiger partial charge is 0.393 e. The van der Waals surface area contributed by atoms with Crippen LogP contribution in [0.3, 0.4) is 0 Å². The topological polar surface area (TPSA) is 20.2 Å². The molecule has 142 valence electrons. The van der Waals surface area contributed by atoms with Gasteiger partial charge in [0.25, 0.3) is 0 Å². The average Bonchev–Trinajstić information content (AvgIpc) is 2.60. The summed E-state index contributed by atoms with van der Waals surface area (Å²) in [4.78, 5) is 0. The second-order valence-electron chi connectivity index (χ2n) is 7.83. The van der Waals surface area contributed by atoms with Gasteiger partial charge in [-0.05, 0) is 61.8 Å². The van der Waals surface area contributed by atoms with Crippen LogP contribution in [0.5, 0.6) is 0 Å². The van der Waals surface area contributed by atoms with Crippen molar-refractivity contribution in [3.8, 4) is 11.1 Å². The van der Waals surface area contributed by atoms with Gasteiger partial charge in [-0.25, -0.2) is 0 Å². The van der Waals surface area contributed by atoms with Crippen molar-refractivity contribution in [2.24, 2.45) is 0 Å². The lowest BCUT2D eigenvalue weighted by Gasteiger charge is -2.15. The molecule has 0 aliphatic carbocycles. The molecular weight excluding hydrogens is 316 g/mol. The molecular formula is C25H36O. The van der Waals surface area contributed by atoms with Crippen LogP contribution in [0.2, 0.25) is 0 Å². The highest BCUT2D eigenvalue weighted by Crippen LogP contribution is 2.29. The molecule has 2 aromatic rings. The monoisotopic (exact) mass is 352 g/mol. The number of hydrogen-bond acceptors (Lipinski definition) is 1. The van der Waals surface area contributed by atoms with Crippen molar-refractivity contribution < 1.29 is 5.11 Å². The highest BCUT2D eigenvalue weighted by atomic mass is 16.3. The van der Waals surface area contributed by atoms with E-state index < -0.39 is 0 Å². The molecule has 0 heterocycles. The fraction of sp³-hybridized carbons (Fsp3) is 0.520. The number of aliphatic hydroxyl groups is 1. The summed E-state index contributed by atoms with van der Waals surface area (Å²) in [6, 6.07) is 13.7. The van der Waals surface area contributed by atoms with E-state index in [1.165, 1.54) is 52.6 Å². The number of rotatable bonds is 10. The zero-order valence-corrected chi connectivity index (χ0v) is 17.1. The molecule has 26 heavy (non-hydrogen) atoms. The molecule has 0 aliphatic rings. The van der Waals surface area contributed by atoms with Gasteiger partial charge in [0.15, 0.2) is 0 Å². The molecule has 0 saturated heterocycles. The Bertz CT molecular complexity index is 687. The second kappa shape index (κ2) is 10.5. The quantitative estimate of drug-likeness (QED) is 0.466. The number of unbranched alkanes of at least 4 members (excludes halogenated alkanes) is 3. The summed E-state index contributed by atoms with van der Waals surface area (Å²) in [6.45, 7) is 8.77. The van der Waals surface area contributed by atoms with Crippen LogP contribution >= 0.6 is 0 Å². The number of hydrogen-bond donors (Lipinski definition) is 1. The molecule has 0 spiro atoms. The van der Waals surface area contributed by atoms with E-state index in [1.54, 1.807) is 0 Å². The molecule has 1 N–H and O–H groups in total. The highest BCUT2D eigenvalue weighted by Gasteiger charge is 2.10. The van der Waals surface area contributed by atoms with Crippen molar-refractivity contribution in [2.45, 2.75) is 85.2 Å². The first kappa shape index (κ1) is 20.7. The van der Waals surface area contributed by atoms with Crippen molar-refractivity contribution in [3.63, 3.8) is 0 Å². The SMILES string of the molecule is CCCCCc1ccc(C)cc1-c1cc(C)cc(CC(O)CCCC)c1. The maximum absolute atomic E-state index is 10.3. The summed E-state index contributed by atoms with van der Waals surface area (Å²) in [5.41, 5.74) is 7.97. The first-order valence-corrected chi connectivity index (χ1v) is 10.4. The fourth-order valence-corrected chi connectivity index (χ4v) is 3.69. The zero-order chi connectivity index (χ0) is 18.9. The van der Waals surface area contributed by atoms with Crippen LogP contribution in [-0.2, 0) is 12.8 Å². The predicted octanol–water partition coefficient (Wildman–Crippen LogP) is 6.80. The Kier molecular flexibility index (Phi) is 8.38. The van der Waals surface area contributed by atoms with Crippen LogP contribution in [0.15, 0.2) is 36.4 Å². The number of aryl methyl sites for hydroxylation is 3. The number of aliphatic hydroxyl groups excluding tert-OH is 1. The Labute approximate surface area is 160 Å². The molecule has 0 aliphatic heterocycles. The van der Waals surface area contributed by atoms with Crippen LogP contribution in [0.1, 0.15) is 74.6 Å². The standard InChI is InChI=1S/C25H36O/c1-5-7-9-10-22-13-12-19(3)16-25(22)23-15-20(4)14-21(17-23)18-24(26)11-8-6-2/h12-17,24,26H,5-11,18H2,1-4H3. The van der Waals surface area contributed by atoms with Crippen LogP contribution in [0, 0.1) is 13.8 Å². The minimum Gasteiger partial charge on any atom is -0.393 e. The molecule has 1 unspecified atom stereocenters. The van der Waals surface area contributed by atoms with Crippen LogP contribution in [0.4, 0.5) is 0 Å². The molecule has 0 radical (unpaired) electrons. The highest BCUT2D eigenvalue weighted by molar-refractivity contribution is 5.69. The van der Waals surface area contributed by atoms with Gasteiger partial charge in [-0.15, -0.1) is 0 Å². The summed E-state index contributed by atoms with van der Waals surface area (Å²) < 4.78 is 0. The van der Waals surface area contributed by atoms with Gasteiger partial charge in [-0.3, -0.25) is 0 Å². The van der Waals surface area contributed by atoms with Crippen LogP contribution < -0.4 is 0 Å². The normalized spacial score (nSPS) is 12.3. The Morgan fingerprint density at radius 3 is 2.35 bits per heavy atom. The van der Waals surface area contributed by atoms with E-state index in [0.29, 0.717) is 0 Å². The molecule has 0 fully saturated rings. The summed E-state index contributed by atoms with van der Waals surface area (Å²) in [5.74, 6) is 0. The van der Waals surface area contributed by atoms with Gasteiger partial charge in [-0.1, -0.05) is 87.1 Å². The van der Waals surface area contributed by atoms with Gasteiger partial charge in [-0.2, -0.15) is 0 Å². The minimum absolute atomic E-state index is 0.230. The second-order valence-corrected chi connectivity index (χ2v) is 7.83. The van der Waals surface area contributed by atoms with Crippen molar-refractivity contribution in [2.75, 3.05) is 0 Å². The maximum Gasteiger partial charge on any atom is 0.0580 e. The lowest BCUT2D eigenvalue weighted by molar-refractivity contribution is 0.162. The van der Waals surface area contributed by atoms with Crippen molar-refractivity contribution >= 4 is 0 Å². The van der Waals surface area contributed by atoms with Gasteiger partial charge in [0.2, 0.25) is 0 Å². The van der Waals surface area contributed by atoms with E-state index in [-0.39, 0.29) is 6.10 Å². The van der Waals surface area contributed by atoms with Gasteiger partial charge in [0, 0.05) is 0 Å². The van der Waals surface area contributed by atoms with E-state index in [0.717, 1.165) is 32.1 Å². The van der Waals surface area contributed by atoms with E-state index in [4.69, 9.17) is 0 Å². The summed E-state index contributed by atoms with van der Waals surface area (Å²) >= 11 is 0. The Hall–Kier alpha value is -1.60. The predicted molar refractivity (Wildman–Crippen MR) is 114 cm³/mol. The number of benzene rings is 2. The Morgan fingerprint density at radius 2 is 1.62 bits per heavy atom. The van der Waals surface area contributed by atoms with Gasteiger partial charge < -0.3 is 5.11 Å². The molecule has 0 aromatic heterocycles. The van der Waals surface area contributed by atoms with Crippen molar-refractivity contribution in [1.29, 1.82) is 0 Å². The third-order valence-corrected chi connectivity index (χ3v) is 5.13. The summed E-state index contributed by atoms with van der Waals surface area (Å²) in [5, 5.41) is 10.3. The Balaban J connectivity index is 2.28. The fourth-order valence-electron chi connectivity index (χ4n) is 3.69. The first-order chi connectivity index (χ1) is 12.5. The third-order valence-electron chi connectivity index (χ3n) is 5.13. The van der Waals surface area contributed by atoms with Crippen molar-refractivity contribution in [3.05, 3.63) is 58.7 Å². The molecule has 0 saturated carbocycles. The molecule has 0 amide bonds. The van der Waals surface area contributed by atoms with Gasteiger partial charge in [0.05, 0.1) is 6.10 Å². The minimum atomic E-state index is -0.230. The van der Waals surface area contributed by atoms with Gasteiger partial charge in [0.1, 0.15) is 0 Å².